The van der Waals surface area contributed by atoms with Crippen molar-refractivity contribution in [3.8, 4) is 0 Å². The highest BCUT2D eigenvalue weighted by Crippen LogP contribution is 2.02. The average molecular weight is 193 g/mol. The fourth-order valence-corrected chi connectivity index (χ4v) is 2.25. The van der Waals surface area contributed by atoms with Crippen molar-refractivity contribution in [1.29, 1.82) is 0 Å². The van der Waals surface area contributed by atoms with E-state index in [0.29, 0.717) is 13.1 Å². The zero-order valence-electron chi connectivity index (χ0n) is 7.37. The van der Waals surface area contributed by atoms with Gasteiger partial charge in [-0.3, -0.25) is 0 Å². The molecule has 0 spiro atoms. The molecule has 1 aliphatic heterocycles. The van der Waals surface area contributed by atoms with Gasteiger partial charge in [0, 0.05) is 32.7 Å². The summed E-state index contributed by atoms with van der Waals surface area (Å²) < 4.78 is 26.3. The lowest BCUT2D eigenvalue weighted by atomic mass is 10.3. The van der Waals surface area contributed by atoms with Crippen molar-refractivity contribution in [1.82, 2.24) is 14.3 Å². The molecule has 0 bridgehead atoms. The topological polar surface area (TPSA) is 61.4 Å². The summed E-state index contributed by atoms with van der Waals surface area (Å²) >= 11 is 0. The van der Waals surface area contributed by atoms with E-state index in [-0.39, 0.29) is 6.04 Å². The monoisotopic (exact) mass is 193 g/mol. The number of hydrogen-bond acceptors (Lipinski definition) is 3. The summed E-state index contributed by atoms with van der Waals surface area (Å²) in [5.74, 6) is 0. The lowest BCUT2D eigenvalue weighted by Gasteiger charge is -2.30. The first-order valence-corrected chi connectivity index (χ1v) is 5.42. The number of nitrogens with one attached hydrogen (secondary N) is 2. The van der Waals surface area contributed by atoms with E-state index in [4.69, 9.17) is 0 Å². The molecule has 5 nitrogen and oxygen atoms in total. The molecule has 0 aromatic heterocycles. The summed E-state index contributed by atoms with van der Waals surface area (Å²) in [6, 6.07) is 0.238. The molecular formula is C6H15N3O2S. The van der Waals surface area contributed by atoms with E-state index < -0.39 is 10.2 Å². The Hall–Kier alpha value is -0.170. The second kappa shape index (κ2) is 3.69. The molecule has 0 radical (unpaired) electrons. The fourth-order valence-electron chi connectivity index (χ4n) is 1.24. The Morgan fingerprint density at radius 3 is 2.75 bits per heavy atom. The Balaban J connectivity index is 2.63. The maximum Gasteiger partial charge on any atom is 0.279 e. The van der Waals surface area contributed by atoms with Crippen LogP contribution >= 0.6 is 0 Å². The van der Waals surface area contributed by atoms with Gasteiger partial charge in [0.1, 0.15) is 0 Å². The lowest BCUT2D eigenvalue weighted by molar-refractivity contribution is 0.307. The second-order valence-electron chi connectivity index (χ2n) is 2.92. The minimum atomic E-state index is -3.21. The van der Waals surface area contributed by atoms with Crippen molar-refractivity contribution in [2.45, 2.75) is 13.0 Å². The van der Waals surface area contributed by atoms with Crippen LogP contribution in [0.5, 0.6) is 0 Å². The minimum Gasteiger partial charge on any atom is -0.312 e. The molecule has 0 aliphatic carbocycles. The van der Waals surface area contributed by atoms with E-state index in [9.17, 15) is 8.42 Å². The van der Waals surface area contributed by atoms with E-state index in [1.54, 1.807) is 0 Å². The third kappa shape index (κ3) is 2.16. The highest BCUT2D eigenvalue weighted by atomic mass is 32.2. The SMILES string of the molecule is CNS(=O)(=O)N1CCN[C@@H](C)C1. The van der Waals surface area contributed by atoms with Crippen molar-refractivity contribution < 1.29 is 8.42 Å². The molecule has 1 saturated heterocycles. The summed E-state index contributed by atoms with van der Waals surface area (Å²) in [7, 11) is -1.78. The molecule has 1 heterocycles. The van der Waals surface area contributed by atoms with E-state index in [0.717, 1.165) is 6.54 Å². The molecule has 1 rings (SSSR count). The van der Waals surface area contributed by atoms with Gasteiger partial charge in [-0.05, 0) is 6.92 Å². The van der Waals surface area contributed by atoms with Crippen LogP contribution in [0.25, 0.3) is 0 Å². The van der Waals surface area contributed by atoms with Crippen molar-refractivity contribution in [3.05, 3.63) is 0 Å². The van der Waals surface area contributed by atoms with Gasteiger partial charge in [0.05, 0.1) is 0 Å². The maximum atomic E-state index is 11.3. The molecular weight excluding hydrogens is 178 g/mol. The Morgan fingerprint density at radius 1 is 1.58 bits per heavy atom. The standard InChI is InChI=1S/C6H15N3O2S/c1-6-5-9(4-3-8-6)12(10,11)7-2/h6-8H,3-5H2,1-2H3/t6-/m0/s1. The zero-order chi connectivity index (χ0) is 9.19. The van der Waals surface area contributed by atoms with Crippen LogP contribution in [0.3, 0.4) is 0 Å². The van der Waals surface area contributed by atoms with Gasteiger partial charge in [-0.25, -0.2) is 4.72 Å². The van der Waals surface area contributed by atoms with Crippen LogP contribution < -0.4 is 10.0 Å². The van der Waals surface area contributed by atoms with Crippen LogP contribution in [0, 0.1) is 0 Å². The van der Waals surface area contributed by atoms with Crippen molar-refractivity contribution in [2.75, 3.05) is 26.7 Å². The highest BCUT2D eigenvalue weighted by Gasteiger charge is 2.24. The highest BCUT2D eigenvalue weighted by molar-refractivity contribution is 7.87. The van der Waals surface area contributed by atoms with Gasteiger partial charge in [-0.15, -0.1) is 0 Å². The third-order valence-electron chi connectivity index (χ3n) is 1.93. The Bertz CT molecular complexity index is 239. The fraction of sp³-hybridized carbons (Fsp3) is 1.00. The average Bonchev–Trinajstić information content (AvgIpc) is 2.05. The predicted octanol–water partition coefficient (Wildman–Crippen LogP) is -1.26. The number of rotatable bonds is 2. The van der Waals surface area contributed by atoms with E-state index in [1.165, 1.54) is 11.4 Å². The molecule has 1 fully saturated rings. The van der Waals surface area contributed by atoms with Crippen molar-refractivity contribution in [3.63, 3.8) is 0 Å². The van der Waals surface area contributed by atoms with E-state index in [2.05, 4.69) is 10.0 Å². The molecule has 0 aromatic rings. The van der Waals surface area contributed by atoms with Crippen LogP contribution in [0.1, 0.15) is 6.92 Å². The van der Waals surface area contributed by atoms with Crippen LogP contribution in [0.15, 0.2) is 0 Å². The number of nitrogens with zero attached hydrogens (tertiary/aromatic N) is 1. The molecule has 2 N–H and O–H groups in total. The molecule has 0 amide bonds. The van der Waals surface area contributed by atoms with E-state index >= 15 is 0 Å². The molecule has 12 heavy (non-hydrogen) atoms. The van der Waals surface area contributed by atoms with Crippen LogP contribution in [-0.2, 0) is 10.2 Å². The first-order valence-electron chi connectivity index (χ1n) is 3.98. The van der Waals surface area contributed by atoms with Crippen LogP contribution in [-0.4, -0.2) is 45.4 Å². The van der Waals surface area contributed by atoms with Crippen LogP contribution in [0.2, 0.25) is 0 Å². The molecule has 6 heteroatoms. The summed E-state index contributed by atoms with van der Waals surface area (Å²) in [6.45, 7) is 3.79. The molecule has 1 aliphatic rings. The van der Waals surface area contributed by atoms with Crippen molar-refractivity contribution in [2.24, 2.45) is 0 Å². The summed E-state index contributed by atoms with van der Waals surface area (Å²) in [5.41, 5.74) is 0. The molecule has 0 saturated carbocycles. The normalized spacial score (nSPS) is 27.3. The molecule has 0 unspecified atom stereocenters. The van der Waals surface area contributed by atoms with E-state index in [1.807, 2.05) is 6.92 Å². The van der Waals surface area contributed by atoms with Gasteiger partial charge in [0.15, 0.2) is 0 Å². The van der Waals surface area contributed by atoms with Gasteiger partial charge in [-0.1, -0.05) is 0 Å². The molecule has 0 aromatic carbocycles. The predicted molar refractivity (Wildman–Crippen MR) is 47.0 cm³/mol. The summed E-state index contributed by atoms with van der Waals surface area (Å²) in [5, 5.41) is 3.17. The lowest BCUT2D eigenvalue weighted by Crippen LogP contribution is -2.53. The molecule has 1 atom stereocenters. The van der Waals surface area contributed by atoms with Gasteiger partial charge in [0.2, 0.25) is 0 Å². The van der Waals surface area contributed by atoms with Crippen molar-refractivity contribution >= 4 is 10.2 Å². The van der Waals surface area contributed by atoms with Crippen LogP contribution in [0.4, 0.5) is 0 Å². The minimum absolute atomic E-state index is 0.238. The second-order valence-corrected chi connectivity index (χ2v) is 4.80. The first-order chi connectivity index (χ1) is 5.56. The van der Waals surface area contributed by atoms with Gasteiger partial charge < -0.3 is 5.32 Å². The summed E-state index contributed by atoms with van der Waals surface area (Å²) in [4.78, 5) is 0. The maximum absolute atomic E-state index is 11.3. The smallest absolute Gasteiger partial charge is 0.279 e. The largest absolute Gasteiger partial charge is 0.312 e. The Labute approximate surface area is 73.3 Å². The Kier molecular flexibility index (Phi) is 3.05. The summed E-state index contributed by atoms with van der Waals surface area (Å²) in [6.07, 6.45) is 0. The van der Waals surface area contributed by atoms with Gasteiger partial charge >= 0.3 is 0 Å². The molecule has 72 valence electrons. The Morgan fingerprint density at radius 2 is 2.25 bits per heavy atom. The number of hydrogen-bond donors (Lipinski definition) is 2. The first kappa shape index (κ1) is 9.91. The van der Waals surface area contributed by atoms with Gasteiger partial charge in [-0.2, -0.15) is 12.7 Å². The quantitative estimate of drug-likeness (QED) is 0.576. The third-order valence-corrected chi connectivity index (χ3v) is 3.46. The van der Waals surface area contributed by atoms with Gasteiger partial charge in [0.25, 0.3) is 10.2 Å². The zero-order valence-corrected chi connectivity index (χ0v) is 8.19. The number of piperazine rings is 1.